The number of carbonyl (C=O) groups is 2. The van der Waals surface area contributed by atoms with E-state index in [0.29, 0.717) is 34.3 Å². The molecule has 2 aromatic carbocycles. The van der Waals surface area contributed by atoms with Gasteiger partial charge in [-0.2, -0.15) is 0 Å². The molecular weight excluding hydrogens is 576 g/mol. The van der Waals surface area contributed by atoms with Crippen LogP contribution in [-0.4, -0.2) is 25.0 Å². The number of nitrogens with one attached hydrogen (secondary N) is 2. The number of ether oxygens (including phenoxy) is 1. The molecule has 0 fully saturated rings. The van der Waals surface area contributed by atoms with Crippen LogP contribution in [0, 0.1) is 0 Å². The van der Waals surface area contributed by atoms with Gasteiger partial charge in [0.1, 0.15) is 12.6 Å². The predicted molar refractivity (Wildman–Crippen MR) is 125 cm³/mol. The van der Waals surface area contributed by atoms with Crippen LogP contribution in [0.2, 0.25) is 10.0 Å². The molecule has 3 rings (SSSR count). The first-order valence-corrected chi connectivity index (χ1v) is 10.9. The first kappa shape index (κ1) is 26.9. The zero-order valence-corrected chi connectivity index (χ0v) is 21.7. The van der Waals surface area contributed by atoms with Crippen molar-refractivity contribution in [1.82, 2.24) is 5.32 Å². The number of rotatable bonds is 9. The average Bonchev–Trinajstić information content (AvgIpc) is 2.77. The van der Waals surface area contributed by atoms with E-state index in [2.05, 4.69) is 10.6 Å². The van der Waals surface area contributed by atoms with Gasteiger partial charge in [0, 0.05) is 18.3 Å². The Morgan fingerprint density at radius 3 is 2.45 bits per heavy atom. The third kappa shape index (κ3) is 8.17. The molecule has 3 aromatic rings. The van der Waals surface area contributed by atoms with Gasteiger partial charge in [-0.3, -0.25) is 9.59 Å². The molecule has 0 aliphatic heterocycles. The lowest BCUT2D eigenvalue weighted by Gasteiger charge is -2.14. The summed E-state index contributed by atoms with van der Waals surface area (Å²) in [6, 6.07) is 16.2. The molecular formula is C24H24Cl2IN3O3. The Balaban J connectivity index is 0.00000385. The van der Waals surface area contributed by atoms with Crippen molar-refractivity contribution in [3.8, 4) is 0 Å². The Kier molecular flexibility index (Phi) is 10.9. The third-order valence-electron chi connectivity index (χ3n) is 4.65. The van der Waals surface area contributed by atoms with E-state index >= 15 is 0 Å². The van der Waals surface area contributed by atoms with Crippen LogP contribution in [0.4, 0.5) is 11.4 Å². The van der Waals surface area contributed by atoms with E-state index in [1.807, 2.05) is 48.1 Å². The lowest BCUT2D eigenvalue weighted by atomic mass is 10.1. The highest BCUT2D eigenvalue weighted by Crippen LogP contribution is 2.33. The van der Waals surface area contributed by atoms with Gasteiger partial charge in [-0.25, -0.2) is 4.57 Å². The van der Waals surface area contributed by atoms with Gasteiger partial charge < -0.3 is 39.3 Å². The minimum Gasteiger partial charge on any atom is -1.00 e. The maximum Gasteiger partial charge on any atom is 0.310 e. The molecule has 1 amide bonds. The van der Waals surface area contributed by atoms with Crippen molar-refractivity contribution in [2.45, 2.75) is 12.8 Å². The number of hydrogen-bond donors (Lipinski definition) is 2. The number of anilines is 2. The van der Waals surface area contributed by atoms with Crippen LogP contribution in [0.5, 0.6) is 0 Å². The minimum atomic E-state index is -0.356. The van der Waals surface area contributed by atoms with Crippen molar-refractivity contribution in [3.63, 3.8) is 0 Å². The van der Waals surface area contributed by atoms with Gasteiger partial charge in [-0.15, -0.1) is 0 Å². The largest absolute Gasteiger partial charge is 1.00 e. The van der Waals surface area contributed by atoms with E-state index in [0.717, 1.165) is 11.3 Å². The number of aryl methyl sites for hydroxylation is 1. The van der Waals surface area contributed by atoms with E-state index in [1.54, 1.807) is 30.5 Å². The quantitative estimate of drug-likeness (QED) is 0.169. The van der Waals surface area contributed by atoms with Crippen LogP contribution in [0.3, 0.4) is 0 Å². The third-order valence-corrected chi connectivity index (χ3v) is 5.28. The first-order chi connectivity index (χ1) is 15.4. The number of benzene rings is 2. The number of esters is 1. The average molecular weight is 600 g/mol. The molecule has 1 heterocycles. The van der Waals surface area contributed by atoms with E-state index in [-0.39, 0.29) is 48.9 Å². The molecule has 6 nitrogen and oxygen atoms in total. The molecule has 2 N–H and O–H groups in total. The van der Waals surface area contributed by atoms with Gasteiger partial charge in [0.15, 0.2) is 12.4 Å². The number of para-hydroxylation sites is 2. The predicted octanol–water partition coefficient (Wildman–Crippen LogP) is 1.47. The topological polar surface area (TPSA) is 71.3 Å². The van der Waals surface area contributed by atoms with Crippen LogP contribution in [-0.2, 0) is 23.0 Å². The molecule has 174 valence electrons. The molecule has 0 unspecified atom stereocenters. The van der Waals surface area contributed by atoms with E-state index in [1.165, 1.54) is 0 Å². The first-order valence-electron chi connectivity index (χ1n) is 10.1. The standard InChI is InChI=1S/C24H23Cl2N3O3.HI/c1-29-13-5-8-18(16-29)24(31)27-12-6-14-32-22(30)15-17-7-2-3-11-21(17)28-23-19(25)9-4-10-20(23)26;/h2-5,7-11,13,16,28H,6,12,14-15H2,1H3;1H. The van der Waals surface area contributed by atoms with Crippen molar-refractivity contribution in [3.05, 3.63) is 88.2 Å². The number of nitrogens with zero attached hydrogens (tertiary/aromatic N) is 1. The van der Waals surface area contributed by atoms with E-state index in [4.69, 9.17) is 27.9 Å². The van der Waals surface area contributed by atoms with Crippen molar-refractivity contribution in [2.24, 2.45) is 7.05 Å². The summed E-state index contributed by atoms with van der Waals surface area (Å²) in [5.41, 5.74) is 2.65. The highest BCUT2D eigenvalue weighted by Gasteiger charge is 2.12. The van der Waals surface area contributed by atoms with E-state index < -0.39 is 0 Å². The lowest BCUT2D eigenvalue weighted by molar-refractivity contribution is -0.671. The second kappa shape index (κ2) is 13.4. The zero-order chi connectivity index (χ0) is 22.9. The molecule has 0 atom stereocenters. The maximum absolute atomic E-state index is 12.3. The molecule has 0 spiro atoms. The monoisotopic (exact) mass is 599 g/mol. The number of hydrogen-bond acceptors (Lipinski definition) is 4. The molecule has 0 saturated carbocycles. The Hall–Kier alpha value is -2.36. The molecule has 0 radical (unpaired) electrons. The van der Waals surface area contributed by atoms with Crippen LogP contribution in [0.15, 0.2) is 67.0 Å². The summed E-state index contributed by atoms with van der Waals surface area (Å²) in [6.07, 6.45) is 4.22. The molecule has 0 saturated heterocycles. The summed E-state index contributed by atoms with van der Waals surface area (Å²) in [4.78, 5) is 24.4. The van der Waals surface area contributed by atoms with Crippen molar-refractivity contribution in [2.75, 3.05) is 18.5 Å². The summed E-state index contributed by atoms with van der Waals surface area (Å²) in [7, 11) is 1.85. The molecule has 0 bridgehead atoms. The van der Waals surface area contributed by atoms with Crippen molar-refractivity contribution < 1.29 is 42.9 Å². The minimum absolute atomic E-state index is 0. The maximum atomic E-state index is 12.3. The highest BCUT2D eigenvalue weighted by molar-refractivity contribution is 6.39. The Morgan fingerprint density at radius 1 is 1.00 bits per heavy atom. The molecule has 0 aliphatic rings. The summed E-state index contributed by atoms with van der Waals surface area (Å²) in [5, 5.41) is 6.99. The normalized spacial score (nSPS) is 10.2. The zero-order valence-electron chi connectivity index (χ0n) is 18.0. The molecule has 33 heavy (non-hydrogen) atoms. The smallest absolute Gasteiger partial charge is 0.310 e. The van der Waals surface area contributed by atoms with Crippen LogP contribution < -0.4 is 39.2 Å². The van der Waals surface area contributed by atoms with Gasteiger partial charge in [0.25, 0.3) is 5.91 Å². The van der Waals surface area contributed by atoms with Gasteiger partial charge in [0.05, 0.1) is 28.8 Å². The lowest BCUT2D eigenvalue weighted by Crippen LogP contribution is -3.00. The Labute approximate surface area is 220 Å². The number of carbonyl (C=O) groups excluding carboxylic acids is 2. The SMILES string of the molecule is C[n+]1cccc(C(=O)NCCCOC(=O)Cc2ccccc2Nc2c(Cl)cccc2Cl)c1.[I-]. The Morgan fingerprint density at radius 2 is 1.73 bits per heavy atom. The fourth-order valence-corrected chi connectivity index (χ4v) is 3.53. The molecule has 1 aromatic heterocycles. The van der Waals surface area contributed by atoms with E-state index in [9.17, 15) is 9.59 Å². The van der Waals surface area contributed by atoms with Gasteiger partial charge in [-0.05, 0) is 36.2 Å². The fourth-order valence-electron chi connectivity index (χ4n) is 3.04. The summed E-state index contributed by atoms with van der Waals surface area (Å²) >= 11 is 12.5. The number of pyridine rings is 1. The van der Waals surface area contributed by atoms with Crippen molar-refractivity contribution in [1.29, 1.82) is 0 Å². The summed E-state index contributed by atoms with van der Waals surface area (Å²) in [6.45, 7) is 0.626. The van der Waals surface area contributed by atoms with Crippen LogP contribution in [0.1, 0.15) is 22.3 Å². The van der Waals surface area contributed by atoms with Gasteiger partial charge in [-0.1, -0.05) is 47.5 Å². The van der Waals surface area contributed by atoms with Crippen LogP contribution >= 0.6 is 23.2 Å². The fraction of sp³-hybridized carbons (Fsp3) is 0.208. The second-order valence-electron chi connectivity index (χ2n) is 7.14. The van der Waals surface area contributed by atoms with Gasteiger partial charge >= 0.3 is 5.97 Å². The van der Waals surface area contributed by atoms with Gasteiger partial charge in [0.2, 0.25) is 0 Å². The Bertz CT molecular complexity index is 1090. The molecule has 0 aliphatic carbocycles. The van der Waals surface area contributed by atoms with Crippen LogP contribution in [0.25, 0.3) is 0 Å². The number of halogens is 3. The van der Waals surface area contributed by atoms with Crippen molar-refractivity contribution >= 4 is 46.5 Å². The number of amides is 1. The summed E-state index contributed by atoms with van der Waals surface area (Å²) < 4.78 is 7.14. The second-order valence-corrected chi connectivity index (χ2v) is 7.96. The molecule has 9 heteroatoms. The highest BCUT2D eigenvalue weighted by atomic mass is 127. The number of aromatic nitrogens is 1. The summed E-state index contributed by atoms with van der Waals surface area (Å²) in [5.74, 6) is -0.517.